The van der Waals surface area contributed by atoms with Crippen LogP contribution in [0.25, 0.3) is 0 Å². The average Bonchev–Trinajstić information content (AvgIpc) is 2.31. The quantitative estimate of drug-likeness (QED) is 0.753. The Kier molecular flexibility index (Phi) is 2.64. The fourth-order valence-corrected chi connectivity index (χ4v) is 2.87. The van der Waals surface area contributed by atoms with E-state index in [0.717, 1.165) is 5.56 Å². The molecule has 0 atom stereocenters. The van der Waals surface area contributed by atoms with E-state index in [1.165, 1.54) is 7.11 Å². The molecule has 0 amide bonds. The van der Waals surface area contributed by atoms with Crippen molar-refractivity contribution in [1.29, 1.82) is 0 Å². The maximum absolute atomic E-state index is 12.2. The zero-order valence-electron chi connectivity index (χ0n) is 10.3. The lowest BCUT2D eigenvalue weighted by molar-refractivity contribution is -0.238. The predicted octanol–water partition coefficient (Wildman–Crippen LogP) is 1.14. The summed E-state index contributed by atoms with van der Waals surface area (Å²) >= 11 is 0. The molecule has 0 spiro atoms. The van der Waals surface area contributed by atoms with Crippen molar-refractivity contribution in [1.82, 2.24) is 0 Å². The molecule has 0 saturated carbocycles. The highest BCUT2D eigenvalue weighted by molar-refractivity contribution is 5.81. The van der Waals surface area contributed by atoms with Crippen LogP contribution in [-0.2, 0) is 24.4 Å². The van der Waals surface area contributed by atoms with Gasteiger partial charge in [-0.05, 0) is 5.56 Å². The Bertz CT molecular complexity index is 446. The summed E-state index contributed by atoms with van der Waals surface area (Å²) < 4.78 is 15.7. The Morgan fingerprint density at radius 3 is 2.11 bits per heavy atom. The summed E-state index contributed by atoms with van der Waals surface area (Å²) in [7, 11) is 1.43. The third-order valence-corrected chi connectivity index (χ3v) is 4.21. The van der Waals surface area contributed by atoms with Gasteiger partial charge >= 0.3 is 5.97 Å². The summed E-state index contributed by atoms with van der Waals surface area (Å²) in [6.07, 6.45) is 0. The van der Waals surface area contributed by atoms with Crippen LogP contribution in [-0.4, -0.2) is 39.5 Å². The topological polar surface area (TPSA) is 44.8 Å². The van der Waals surface area contributed by atoms with E-state index in [2.05, 4.69) is 0 Å². The zero-order valence-corrected chi connectivity index (χ0v) is 10.3. The number of benzene rings is 1. The van der Waals surface area contributed by atoms with Crippen molar-refractivity contribution >= 4 is 5.97 Å². The van der Waals surface area contributed by atoms with Crippen molar-refractivity contribution in [2.75, 3.05) is 33.5 Å². The van der Waals surface area contributed by atoms with E-state index in [0.29, 0.717) is 26.4 Å². The molecule has 2 aliphatic heterocycles. The van der Waals surface area contributed by atoms with Gasteiger partial charge < -0.3 is 14.2 Å². The van der Waals surface area contributed by atoms with Crippen LogP contribution < -0.4 is 0 Å². The molecule has 4 nitrogen and oxygen atoms in total. The first-order valence-corrected chi connectivity index (χ1v) is 6.05. The Balaban J connectivity index is 2.04. The molecular weight excluding hydrogens is 232 g/mol. The van der Waals surface area contributed by atoms with Gasteiger partial charge in [0.15, 0.2) is 0 Å². The Morgan fingerprint density at radius 2 is 1.72 bits per heavy atom. The van der Waals surface area contributed by atoms with E-state index >= 15 is 0 Å². The second-order valence-corrected chi connectivity index (χ2v) is 5.01. The normalized spacial score (nSPS) is 23.6. The highest BCUT2D eigenvalue weighted by atomic mass is 16.6. The van der Waals surface area contributed by atoms with Crippen LogP contribution in [0.1, 0.15) is 5.56 Å². The molecule has 2 saturated heterocycles. The third-order valence-electron chi connectivity index (χ3n) is 4.21. The Hall–Kier alpha value is -1.39. The molecule has 4 heteroatoms. The Morgan fingerprint density at radius 1 is 1.11 bits per heavy atom. The first kappa shape index (κ1) is 11.7. The summed E-state index contributed by atoms with van der Waals surface area (Å²) in [6, 6.07) is 10.0. The molecule has 0 aromatic heterocycles. The van der Waals surface area contributed by atoms with Crippen molar-refractivity contribution in [3.8, 4) is 0 Å². The number of ether oxygens (including phenoxy) is 3. The summed E-state index contributed by atoms with van der Waals surface area (Å²) in [4.78, 5) is 12.2. The fraction of sp³-hybridized carbons (Fsp3) is 0.500. The number of hydrogen-bond acceptors (Lipinski definition) is 4. The summed E-state index contributed by atoms with van der Waals surface area (Å²) in [5.41, 5.74) is 0.256. The third kappa shape index (κ3) is 1.30. The standard InChI is InChI=1S/C14H16O4/c1-16-12(15)14(9-18-10-14)13(7-17-8-13)11-5-3-2-4-6-11/h2-6H,7-10H2,1H3. The molecule has 2 heterocycles. The van der Waals surface area contributed by atoms with E-state index in [4.69, 9.17) is 14.2 Å². The van der Waals surface area contributed by atoms with Crippen LogP contribution in [0, 0.1) is 5.41 Å². The van der Waals surface area contributed by atoms with Crippen LogP contribution in [0.5, 0.6) is 0 Å². The first-order chi connectivity index (χ1) is 8.75. The molecule has 2 fully saturated rings. The lowest BCUT2D eigenvalue weighted by Gasteiger charge is -2.57. The lowest BCUT2D eigenvalue weighted by atomic mass is 9.57. The number of carbonyl (C=O) groups is 1. The first-order valence-electron chi connectivity index (χ1n) is 6.05. The second-order valence-electron chi connectivity index (χ2n) is 5.01. The Labute approximate surface area is 106 Å². The monoisotopic (exact) mass is 248 g/mol. The van der Waals surface area contributed by atoms with Gasteiger partial charge in [-0.15, -0.1) is 0 Å². The van der Waals surface area contributed by atoms with Crippen LogP contribution in [0.2, 0.25) is 0 Å². The number of esters is 1. The minimum Gasteiger partial charge on any atom is -0.468 e. The fourth-order valence-electron chi connectivity index (χ4n) is 2.87. The molecule has 18 heavy (non-hydrogen) atoms. The van der Waals surface area contributed by atoms with Crippen molar-refractivity contribution < 1.29 is 19.0 Å². The van der Waals surface area contributed by atoms with E-state index in [-0.39, 0.29) is 11.4 Å². The molecule has 2 aliphatic rings. The number of hydrogen-bond donors (Lipinski definition) is 0. The second kappa shape index (κ2) is 4.07. The highest BCUT2D eigenvalue weighted by Gasteiger charge is 2.66. The average molecular weight is 248 g/mol. The predicted molar refractivity (Wildman–Crippen MR) is 64.2 cm³/mol. The van der Waals surface area contributed by atoms with Crippen molar-refractivity contribution in [3.05, 3.63) is 35.9 Å². The van der Waals surface area contributed by atoms with Gasteiger partial charge in [0.25, 0.3) is 0 Å². The molecule has 0 bridgehead atoms. The van der Waals surface area contributed by atoms with Gasteiger partial charge in [0.2, 0.25) is 0 Å². The molecule has 1 aromatic rings. The number of carbonyl (C=O) groups excluding carboxylic acids is 1. The van der Waals surface area contributed by atoms with Gasteiger partial charge in [-0.2, -0.15) is 0 Å². The SMILES string of the molecule is COC(=O)C1(C2(c3ccccc3)COC2)COC1. The minimum atomic E-state index is -0.582. The zero-order chi connectivity index (χ0) is 12.6. The molecule has 0 aliphatic carbocycles. The van der Waals surface area contributed by atoms with Gasteiger partial charge in [-0.25, -0.2) is 0 Å². The van der Waals surface area contributed by atoms with Gasteiger partial charge in [0, 0.05) is 0 Å². The molecule has 3 rings (SSSR count). The van der Waals surface area contributed by atoms with Crippen LogP contribution in [0.3, 0.4) is 0 Å². The maximum atomic E-state index is 12.2. The van der Waals surface area contributed by atoms with E-state index in [1.807, 2.05) is 30.3 Å². The molecule has 0 N–H and O–H groups in total. The smallest absolute Gasteiger partial charge is 0.317 e. The minimum absolute atomic E-state index is 0.194. The van der Waals surface area contributed by atoms with Gasteiger partial charge in [0.1, 0.15) is 5.41 Å². The summed E-state index contributed by atoms with van der Waals surface area (Å²) in [6.45, 7) is 1.93. The summed E-state index contributed by atoms with van der Waals surface area (Å²) in [5, 5.41) is 0. The lowest BCUT2D eigenvalue weighted by Crippen LogP contribution is -2.70. The molecule has 96 valence electrons. The van der Waals surface area contributed by atoms with E-state index in [1.54, 1.807) is 0 Å². The van der Waals surface area contributed by atoms with Crippen molar-refractivity contribution in [2.45, 2.75) is 5.41 Å². The van der Waals surface area contributed by atoms with E-state index in [9.17, 15) is 4.79 Å². The van der Waals surface area contributed by atoms with E-state index < -0.39 is 5.41 Å². The van der Waals surface area contributed by atoms with Gasteiger partial charge in [-0.1, -0.05) is 30.3 Å². The molecular formula is C14H16O4. The van der Waals surface area contributed by atoms with Crippen molar-refractivity contribution in [2.24, 2.45) is 5.41 Å². The van der Waals surface area contributed by atoms with Crippen LogP contribution >= 0.6 is 0 Å². The summed E-state index contributed by atoms with van der Waals surface area (Å²) in [5.74, 6) is -0.194. The number of rotatable bonds is 3. The maximum Gasteiger partial charge on any atom is 0.317 e. The highest BCUT2D eigenvalue weighted by Crippen LogP contribution is 2.52. The van der Waals surface area contributed by atoms with Crippen molar-refractivity contribution in [3.63, 3.8) is 0 Å². The number of methoxy groups -OCH3 is 1. The van der Waals surface area contributed by atoms with Gasteiger partial charge in [0.05, 0.1) is 39.0 Å². The van der Waals surface area contributed by atoms with Gasteiger partial charge in [-0.3, -0.25) is 4.79 Å². The van der Waals surface area contributed by atoms with Crippen LogP contribution in [0.15, 0.2) is 30.3 Å². The van der Waals surface area contributed by atoms with Crippen LogP contribution in [0.4, 0.5) is 0 Å². The molecule has 0 radical (unpaired) electrons. The molecule has 0 unspecified atom stereocenters. The molecule has 1 aromatic carbocycles. The largest absolute Gasteiger partial charge is 0.468 e.